The molecule has 1 aromatic carbocycles. The molecule has 112 valence electrons. The minimum Gasteiger partial charge on any atom is -0.350 e. The molecular weight excluding hydrogens is 248 g/mol. The van der Waals surface area contributed by atoms with E-state index in [2.05, 4.69) is 48.7 Å². The lowest BCUT2D eigenvalue weighted by Crippen LogP contribution is -2.46. The first-order chi connectivity index (χ1) is 9.44. The zero-order chi connectivity index (χ0) is 15.0. The summed E-state index contributed by atoms with van der Waals surface area (Å²) in [5.74, 6) is 0.586. The molecule has 3 heteroatoms. The van der Waals surface area contributed by atoms with E-state index in [0.29, 0.717) is 12.5 Å². The van der Waals surface area contributed by atoms with Crippen molar-refractivity contribution in [1.29, 1.82) is 0 Å². The summed E-state index contributed by atoms with van der Waals surface area (Å²) in [6.07, 6.45) is 1.97. The summed E-state index contributed by atoms with van der Waals surface area (Å²) >= 11 is 0. The van der Waals surface area contributed by atoms with E-state index in [9.17, 15) is 4.79 Å². The summed E-state index contributed by atoms with van der Waals surface area (Å²) in [5.41, 5.74) is 1.24. The number of hydrogen-bond donors (Lipinski definition) is 2. The van der Waals surface area contributed by atoms with Gasteiger partial charge in [-0.25, -0.2) is 0 Å². The van der Waals surface area contributed by atoms with Crippen LogP contribution in [0.25, 0.3) is 0 Å². The number of amides is 1. The molecule has 0 heterocycles. The van der Waals surface area contributed by atoms with Crippen LogP contribution in [0.2, 0.25) is 0 Å². The first-order valence-corrected chi connectivity index (χ1v) is 7.51. The molecule has 1 atom stereocenters. The van der Waals surface area contributed by atoms with Crippen LogP contribution in [0.5, 0.6) is 0 Å². The van der Waals surface area contributed by atoms with Gasteiger partial charge in [0.25, 0.3) is 0 Å². The molecule has 0 aromatic heterocycles. The molecule has 0 bridgehead atoms. The highest BCUT2D eigenvalue weighted by atomic mass is 16.2. The van der Waals surface area contributed by atoms with Crippen molar-refractivity contribution in [3.63, 3.8) is 0 Å². The van der Waals surface area contributed by atoms with E-state index in [4.69, 9.17) is 0 Å². The van der Waals surface area contributed by atoms with Crippen molar-refractivity contribution in [2.24, 2.45) is 0 Å². The fourth-order valence-corrected chi connectivity index (χ4v) is 1.98. The molecule has 2 N–H and O–H groups in total. The summed E-state index contributed by atoms with van der Waals surface area (Å²) < 4.78 is 0. The van der Waals surface area contributed by atoms with E-state index < -0.39 is 0 Å². The van der Waals surface area contributed by atoms with Crippen LogP contribution in [-0.2, 0) is 4.79 Å². The molecule has 0 saturated carbocycles. The Morgan fingerprint density at radius 2 is 1.90 bits per heavy atom. The van der Waals surface area contributed by atoms with Crippen LogP contribution < -0.4 is 10.6 Å². The number of nitrogens with one attached hydrogen (secondary N) is 2. The number of rotatable bonds is 8. The SMILES string of the molecule is CCC(C)(C)NC(=O)CNCCC(C)c1ccccc1. The Morgan fingerprint density at radius 3 is 2.50 bits per heavy atom. The van der Waals surface area contributed by atoms with Crippen molar-refractivity contribution in [3.05, 3.63) is 35.9 Å². The van der Waals surface area contributed by atoms with E-state index in [1.165, 1.54) is 5.56 Å². The fraction of sp³-hybridized carbons (Fsp3) is 0.588. The van der Waals surface area contributed by atoms with Gasteiger partial charge in [0.15, 0.2) is 0 Å². The summed E-state index contributed by atoms with van der Waals surface area (Å²) in [7, 11) is 0. The maximum absolute atomic E-state index is 11.8. The molecule has 0 aliphatic carbocycles. The zero-order valence-corrected chi connectivity index (χ0v) is 13.2. The Labute approximate surface area is 123 Å². The third kappa shape index (κ3) is 6.20. The molecule has 0 spiro atoms. The maximum Gasteiger partial charge on any atom is 0.234 e. The number of benzene rings is 1. The average Bonchev–Trinajstić information content (AvgIpc) is 2.44. The molecular formula is C17H28N2O. The zero-order valence-electron chi connectivity index (χ0n) is 13.2. The van der Waals surface area contributed by atoms with Gasteiger partial charge >= 0.3 is 0 Å². The highest BCUT2D eigenvalue weighted by molar-refractivity contribution is 5.78. The molecule has 1 aromatic rings. The lowest BCUT2D eigenvalue weighted by Gasteiger charge is -2.24. The first kappa shape index (κ1) is 16.7. The van der Waals surface area contributed by atoms with Crippen LogP contribution in [0.1, 0.15) is 52.0 Å². The molecule has 20 heavy (non-hydrogen) atoms. The summed E-state index contributed by atoms with van der Waals surface area (Å²) in [5, 5.41) is 6.24. The smallest absolute Gasteiger partial charge is 0.234 e. The highest BCUT2D eigenvalue weighted by Crippen LogP contribution is 2.17. The minimum absolute atomic E-state index is 0.0733. The molecule has 1 amide bonds. The number of hydrogen-bond acceptors (Lipinski definition) is 2. The van der Waals surface area contributed by atoms with Gasteiger partial charge in [-0.2, -0.15) is 0 Å². The third-order valence-electron chi connectivity index (χ3n) is 3.77. The second-order valence-electron chi connectivity index (χ2n) is 6.06. The van der Waals surface area contributed by atoms with Gasteiger partial charge < -0.3 is 10.6 Å². The molecule has 0 radical (unpaired) electrons. The van der Waals surface area contributed by atoms with Gasteiger partial charge in [0.2, 0.25) is 5.91 Å². The van der Waals surface area contributed by atoms with Gasteiger partial charge in [0, 0.05) is 5.54 Å². The fourth-order valence-electron chi connectivity index (χ4n) is 1.98. The summed E-state index contributed by atoms with van der Waals surface area (Å²) in [4.78, 5) is 11.8. The second kappa shape index (κ2) is 8.05. The Bertz CT molecular complexity index is 401. The van der Waals surface area contributed by atoms with E-state index in [-0.39, 0.29) is 11.4 Å². The summed E-state index contributed by atoms with van der Waals surface area (Å²) in [6, 6.07) is 10.5. The average molecular weight is 276 g/mol. The van der Waals surface area contributed by atoms with E-state index in [0.717, 1.165) is 19.4 Å². The van der Waals surface area contributed by atoms with Crippen LogP contribution in [0, 0.1) is 0 Å². The van der Waals surface area contributed by atoms with Crippen molar-refractivity contribution in [3.8, 4) is 0 Å². The Balaban J connectivity index is 2.20. The van der Waals surface area contributed by atoms with Crippen LogP contribution in [0.15, 0.2) is 30.3 Å². The molecule has 0 aliphatic rings. The lowest BCUT2D eigenvalue weighted by atomic mass is 9.98. The van der Waals surface area contributed by atoms with E-state index >= 15 is 0 Å². The number of carbonyl (C=O) groups excluding carboxylic acids is 1. The van der Waals surface area contributed by atoms with Gasteiger partial charge in [0.1, 0.15) is 0 Å². The molecule has 1 unspecified atom stereocenters. The van der Waals surface area contributed by atoms with Gasteiger partial charge in [-0.05, 0) is 44.7 Å². The highest BCUT2D eigenvalue weighted by Gasteiger charge is 2.17. The largest absolute Gasteiger partial charge is 0.350 e. The van der Waals surface area contributed by atoms with Crippen LogP contribution >= 0.6 is 0 Å². The van der Waals surface area contributed by atoms with Crippen molar-refractivity contribution in [2.75, 3.05) is 13.1 Å². The van der Waals surface area contributed by atoms with Crippen LogP contribution in [0.3, 0.4) is 0 Å². The van der Waals surface area contributed by atoms with Gasteiger partial charge in [-0.1, -0.05) is 44.2 Å². The standard InChI is InChI=1S/C17H28N2O/c1-5-17(3,4)19-16(20)13-18-12-11-14(2)15-9-7-6-8-10-15/h6-10,14,18H,5,11-13H2,1-4H3,(H,19,20). The van der Waals surface area contributed by atoms with Crippen molar-refractivity contribution in [1.82, 2.24) is 10.6 Å². The van der Waals surface area contributed by atoms with Gasteiger partial charge in [-0.3, -0.25) is 4.79 Å². The predicted molar refractivity (Wildman–Crippen MR) is 84.9 cm³/mol. The predicted octanol–water partition coefficient (Wildman–Crippen LogP) is 3.07. The van der Waals surface area contributed by atoms with Crippen LogP contribution in [-0.4, -0.2) is 24.5 Å². The normalized spacial score (nSPS) is 13.0. The Morgan fingerprint density at radius 1 is 1.25 bits per heavy atom. The molecule has 1 rings (SSSR count). The Hall–Kier alpha value is -1.35. The lowest BCUT2D eigenvalue weighted by molar-refractivity contribution is -0.121. The van der Waals surface area contributed by atoms with Crippen LogP contribution in [0.4, 0.5) is 0 Å². The van der Waals surface area contributed by atoms with E-state index in [1.807, 2.05) is 19.9 Å². The third-order valence-corrected chi connectivity index (χ3v) is 3.77. The first-order valence-electron chi connectivity index (χ1n) is 7.51. The second-order valence-corrected chi connectivity index (χ2v) is 6.06. The maximum atomic E-state index is 11.8. The Kier molecular flexibility index (Phi) is 6.73. The van der Waals surface area contributed by atoms with Gasteiger partial charge in [0.05, 0.1) is 6.54 Å². The summed E-state index contributed by atoms with van der Waals surface area (Å²) in [6.45, 7) is 9.64. The van der Waals surface area contributed by atoms with Crippen molar-refractivity contribution < 1.29 is 4.79 Å². The quantitative estimate of drug-likeness (QED) is 0.716. The topological polar surface area (TPSA) is 41.1 Å². The minimum atomic E-state index is -0.115. The van der Waals surface area contributed by atoms with Gasteiger partial charge in [-0.15, -0.1) is 0 Å². The van der Waals surface area contributed by atoms with Crippen molar-refractivity contribution >= 4 is 5.91 Å². The molecule has 0 fully saturated rings. The van der Waals surface area contributed by atoms with Crippen molar-refractivity contribution in [2.45, 2.75) is 52.0 Å². The molecule has 0 aliphatic heterocycles. The van der Waals surface area contributed by atoms with E-state index in [1.54, 1.807) is 0 Å². The monoisotopic (exact) mass is 276 g/mol. The molecule has 3 nitrogen and oxygen atoms in total. The molecule has 0 saturated heterocycles. The number of carbonyl (C=O) groups is 1.